The summed E-state index contributed by atoms with van der Waals surface area (Å²) in [5.74, 6) is -0.199. The van der Waals surface area contributed by atoms with Crippen LogP contribution in [-0.4, -0.2) is 47.7 Å². The highest BCUT2D eigenvalue weighted by Gasteiger charge is 2.07. The van der Waals surface area contributed by atoms with Gasteiger partial charge in [-0.3, -0.25) is 9.36 Å². The standard InChI is InChI=1S/C15H21N3O3/c1-17(11-8-14(19)21-2)9-5-10-18-13-7-4-3-6-12(13)16-15(18)20/h3-4,6-7H,5,8-11H2,1-2H3,(H,16,20). The number of methoxy groups -OCH3 is 1. The number of hydrogen-bond acceptors (Lipinski definition) is 4. The Morgan fingerprint density at radius 1 is 1.33 bits per heavy atom. The molecule has 1 heterocycles. The summed E-state index contributed by atoms with van der Waals surface area (Å²) in [6.07, 6.45) is 1.24. The minimum absolute atomic E-state index is 0.0755. The number of hydrogen-bond donors (Lipinski definition) is 1. The number of H-pyrrole nitrogens is 1. The Balaban J connectivity index is 1.86. The molecule has 0 aliphatic carbocycles. The van der Waals surface area contributed by atoms with Crippen LogP contribution >= 0.6 is 0 Å². The maximum atomic E-state index is 11.9. The van der Waals surface area contributed by atoms with Crippen molar-refractivity contribution in [3.63, 3.8) is 0 Å². The molecule has 114 valence electrons. The van der Waals surface area contributed by atoms with Crippen LogP contribution in [0.25, 0.3) is 11.0 Å². The largest absolute Gasteiger partial charge is 0.469 e. The van der Waals surface area contributed by atoms with Gasteiger partial charge in [-0.2, -0.15) is 0 Å². The van der Waals surface area contributed by atoms with E-state index >= 15 is 0 Å². The second-order valence-corrected chi connectivity index (χ2v) is 5.08. The maximum Gasteiger partial charge on any atom is 0.326 e. The fourth-order valence-electron chi connectivity index (χ4n) is 2.32. The Morgan fingerprint density at radius 3 is 2.86 bits per heavy atom. The molecule has 0 spiro atoms. The van der Waals surface area contributed by atoms with E-state index in [9.17, 15) is 9.59 Å². The van der Waals surface area contributed by atoms with E-state index in [2.05, 4.69) is 14.6 Å². The molecule has 0 aliphatic rings. The SMILES string of the molecule is COC(=O)CCN(C)CCCn1c(=O)[nH]c2ccccc21. The molecule has 6 nitrogen and oxygen atoms in total. The molecule has 0 atom stereocenters. The van der Waals surface area contributed by atoms with E-state index in [1.54, 1.807) is 4.57 Å². The zero-order chi connectivity index (χ0) is 15.2. The van der Waals surface area contributed by atoms with Crippen LogP contribution in [0, 0.1) is 0 Å². The predicted molar refractivity (Wildman–Crippen MR) is 81.3 cm³/mol. The van der Waals surface area contributed by atoms with Crippen LogP contribution in [0.15, 0.2) is 29.1 Å². The van der Waals surface area contributed by atoms with E-state index in [0.717, 1.165) is 24.0 Å². The van der Waals surface area contributed by atoms with Gasteiger partial charge in [-0.25, -0.2) is 4.79 Å². The van der Waals surface area contributed by atoms with E-state index in [4.69, 9.17) is 0 Å². The van der Waals surface area contributed by atoms with Gasteiger partial charge < -0.3 is 14.6 Å². The summed E-state index contributed by atoms with van der Waals surface area (Å²) in [7, 11) is 3.35. The number of rotatable bonds is 7. The molecule has 6 heteroatoms. The molecule has 0 unspecified atom stereocenters. The maximum absolute atomic E-state index is 11.9. The normalized spacial score (nSPS) is 11.2. The highest BCUT2D eigenvalue weighted by atomic mass is 16.5. The highest BCUT2D eigenvalue weighted by molar-refractivity contribution is 5.74. The van der Waals surface area contributed by atoms with Gasteiger partial charge in [0.25, 0.3) is 0 Å². The Bertz CT molecular complexity index is 659. The van der Waals surface area contributed by atoms with E-state index in [0.29, 0.717) is 19.5 Å². The fourth-order valence-corrected chi connectivity index (χ4v) is 2.32. The molecule has 0 bridgehead atoms. The predicted octanol–water partition coefficient (Wildman–Crippen LogP) is 1.21. The average Bonchev–Trinajstić information content (AvgIpc) is 2.81. The van der Waals surface area contributed by atoms with Crippen LogP contribution < -0.4 is 5.69 Å². The molecule has 0 fully saturated rings. The Morgan fingerprint density at radius 2 is 2.10 bits per heavy atom. The van der Waals surface area contributed by atoms with Crippen LogP contribution in [0.2, 0.25) is 0 Å². The van der Waals surface area contributed by atoms with E-state index < -0.39 is 0 Å². The zero-order valence-electron chi connectivity index (χ0n) is 12.5. The van der Waals surface area contributed by atoms with Gasteiger partial charge in [-0.1, -0.05) is 12.1 Å². The molecule has 0 aliphatic heterocycles. The third-order valence-electron chi connectivity index (χ3n) is 3.53. The zero-order valence-corrected chi connectivity index (χ0v) is 12.5. The van der Waals surface area contributed by atoms with Crippen molar-refractivity contribution in [3.05, 3.63) is 34.7 Å². The van der Waals surface area contributed by atoms with E-state index in [1.807, 2.05) is 31.3 Å². The van der Waals surface area contributed by atoms with Gasteiger partial charge >= 0.3 is 11.7 Å². The smallest absolute Gasteiger partial charge is 0.326 e. The molecular formula is C15H21N3O3. The van der Waals surface area contributed by atoms with Crippen molar-refractivity contribution >= 4 is 17.0 Å². The number of carbonyl (C=O) groups is 1. The molecule has 1 aromatic carbocycles. The number of aromatic amines is 1. The minimum atomic E-state index is -0.199. The number of para-hydroxylation sites is 2. The quantitative estimate of drug-likeness (QED) is 0.779. The number of aryl methyl sites for hydroxylation is 1. The number of esters is 1. The third kappa shape index (κ3) is 3.95. The lowest BCUT2D eigenvalue weighted by Crippen LogP contribution is -2.25. The van der Waals surface area contributed by atoms with Crippen LogP contribution in [0.5, 0.6) is 0 Å². The fraction of sp³-hybridized carbons (Fsp3) is 0.467. The number of carbonyl (C=O) groups excluding carboxylic acids is 1. The second-order valence-electron chi connectivity index (χ2n) is 5.08. The monoisotopic (exact) mass is 291 g/mol. The van der Waals surface area contributed by atoms with Crippen LogP contribution in [-0.2, 0) is 16.1 Å². The highest BCUT2D eigenvalue weighted by Crippen LogP contribution is 2.09. The van der Waals surface area contributed by atoms with Crippen molar-refractivity contribution in [1.29, 1.82) is 0 Å². The van der Waals surface area contributed by atoms with Crippen LogP contribution in [0.1, 0.15) is 12.8 Å². The van der Waals surface area contributed by atoms with Crippen LogP contribution in [0.4, 0.5) is 0 Å². The summed E-state index contributed by atoms with van der Waals surface area (Å²) in [5, 5.41) is 0. The summed E-state index contributed by atoms with van der Waals surface area (Å²) in [6, 6.07) is 7.67. The van der Waals surface area contributed by atoms with Crippen molar-refractivity contribution in [2.45, 2.75) is 19.4 Å². The van der Waals surface area contributed by atoms with E-state index in [-0.39, 0.29) is 11.7 Å². The minimum Gasteiger partial charge on any atom is -0.469 e. The van der Waals surface area contributed by atoms with Crippen LogP contribution in [0.3, 0.4) is 0 Å². The van der Waals surface area contributed by atoms with Crippen molar-refractivity contribution in [2.75, 3.05) is 27.2 Å². The van der Waals surface area contributed by atoms with Crippen molar-refractivity contribution < 1.29 is 9.53 Å². The molecule has 1 N–H and O–H groups in total. The van der Waals surface area contributed by atoms with Gasteiger partial charge in [0.05, 0.1) is 24.6 Å². The van der Waals surface area contributed by atoms with Gasteiger partial charge in [-0.05, 0) is 32.1 Å². The van der Waals surface area contributed by atoms with Crippen molar-refractivity contribution in [2.24, 2.45) is 0 Å². The number of benzene rings is 1. The van der Waals surface area contributed by atoms with Gasteiger partial charge in [-0.15, -0.1) is 0 Å². The first-order chi connectivity index (χ1) is 10.1. The summed E-state index contributed by atoms with van der Waals surface area (Å²) < 4.78 is 6.37. The molecule has 2 rings (SSSR count). The van der Waals surface area contributed by atoms with Gasteiger partial charge in [0, 0.05) is 13.1 Å². The van der Waals surface area contributed by atoms with Gasteiger partial charge in [0.2, 0.25) is 0 Å². The topological polar surface area (TPSA) is 67.3 Å². The Labute approximate surface area is 123 Å². The Hall–Kier alpha value is -2.08. The number of nitrogens with one attached hydrogen (secondary N) is 1. The molecule has 0 amide bonds. The molecule has 0 radical (unpaired) electrons. The molecule has 0 saturated carbocycles. The first-order valence-corrected chi connectivity index (χ1v) is 7.04. The van der Waals surface area contributed by atoms with E-state index in [1.165, 1.54) is 7.11 Å². The van der Waals surface area contributed by atoms with Gasteiger partial charge in [0.15, 0.2) is 0 Å². The Kier molecular flexibility index (Phi) is 5.16. The first kappa shape index (κ1) is 15.3. The summed E-state index contributed by atoms with van der Waals surface area (Å²) in [6.45, 7) is 2.14. The lowest BCUT2D eigenvalue weighted by atomic mass is 10.3. The molecular weight excluding hydrogens is 270 g/mol. The number of ether oxygens (including phenoxy) is 1. The number of imidazole rings is 1. The lowest BCUT2D eigenvalue weighted by Gasteiger charge is -2.15. The molecule has 1 aromatic heterocycles. The first-order valence-electron chi connectivity index (χ1n) is 7.04. The van der Waals surface area contributed by atoms with Crippen molar-refractivity contribution in [1.82, 2.24) is 14.5 Å². The number of nitrogens with zero attached hydrogens (tertiary/aromatic N) is 2. The van der Waals surface area contributed by atoms with Gasteiger partial charge in [0.1, 0.15) is 0 Å². The van der Waals surface area contributed by atoms with Crippen molar-refractivity contribution in [3.8, 4) is 0 Å². The number of aromatic nitrogens is 2. The summed E-state index contributed by atoms with van der Waals surface area (Å²) in [5.41, 5.74) is 1.72. The lowest BCUT2D eigenvalue weighted by molar-refractivity contribution is -0.140. The second kappa shape index (κ2) is 7.08. The molecule has 2 aromatic rings. The average molecular weight is 291 g/mol. The number of fused-ring (bicyclic) bond motifs is 1. The summed E-state index contributed by atoms with van der Waals surface area (Å²) in [4.78, 5) is 27.9. The molecule has 0 saturated heterocycles. The molecule has 21 heavy (non-hydrogen) atoms. The third-order valence-corrected chi connectivity index (χ3v) is 3.53. The summed E-state index contributed by atoms with van der Waals surface area (Å²) >= 11 is 0.